The van der Waals surface area contributed by atoms with E-state index in [9.17, 15) is 9.18 Å². The van der Waals surface area contributed by atoms with E-state index in [2.05, 4.69) is 51.1 Å². The van der Waals surface area contributed by atoms with Gasteiger partial charge in [0.25, 0.3) is 11.8 Å². The Balaban J connectivity index is 1.41. The molecular weight excluding hydrogens is 549 g/mol. The molecule has 0 bridgehead atoms. The van der Waals surface area contributed by atoms with Crippen LogP contribution in [0.1, 0.15) is 71.2 Å². The summed E-state index contributed by atoms with van der Waals surface area (Å²) >= 11 is 0. The highest BCUT2D eigenvalue weighted by molar-refractivity contribution is 5.97. The number of methoxy groups -OCH3 is 1. The van der Waals surface area contributed by atoms with Gasteiger partial charge in [0.2, 0.25) is 0 Å². The monoisotopic (exact) mass is 599 g/mol. The number of nitrogens with zero attached hydrogens (tertiary/aromatic N) is 6. The first kappa shape index (κ1) is 33.0. The summed E-state index contributed by atoms with van der Waals surface area (Å²) in [7, 11) is 1.74. The first-order valence-corrected chi connectivity index (χ1v) is 15.7. The zero-order chi connectivity index (χ0) is 31.1. The topological polar surface area (TPSA) is 96.0 Å². The molecule has 2 aromatic rings. The molecule has 0 radical (unpaired) electrons. The summed E-state index contributed by atoms with van der Waals surface area (Å²) in [6.07, 6.45) is 4.79. The van der Waals surface area contributed by atoms with Crippen molar-refractivity contribution in [1.82, 2.24) is 30.3 Å². The number of carbonyl (C=O) groups is 1. The number of nitrogens with one attached hydrogen (secondary N) is 1. The third-order valence-corrected chi connectivity index (χ3v) is 8.81. The number of amides is 1. The van der Waals surface area contributed by atoms with Crippen LogP contribution in [-0.4, -0.2) is 102 Å². The Morgan fingerprint density at radius 1 is 1.19 bits per heavy atom. The number of halogens is 1. The largest absolute Gasteiger partial charge is 0.434 e. The Morgan fingerprint density at radius 3 is 2.63 bits per heavy atom. The Hall–Kier alpha value is -2.89. The quantitative estimate of drug-likeness (QED) is 0.294. The van der Waals surface area contributed by atoms with Crippen molar-refractivity contribution in [1.29, 1.82) is 0 Å². The van der Waals surface area contributed by atoms with Gasteiger partial charge in [-0.25, -0.2) is 9.37 Å². The van der Waals surface area contributed by atoms with Gasteiger partial charge in [0.05, 0.1) is 12.2 Å². The molecule has 2 atom stereocenters. The standard InChI is InChI=1S/C32H50FN7O3/c1-8-40(23(4)5)31(41)26-16-25(33)11-12-28(26)43-30-29(35-21-36-37-30)38-15-13-32(18-38)19-39(20-32)27(22(2)3)10-9-14-34-24(6)17-42-7/h11-12,16,21-24,27,34H,8-10,13-15,17-20H2,1-7H3/t24-,27+/m0/s1. The minimum atomic E-state index is -0.499. The highest BCUT2D eigenvalue weighted by atomic mass is 19.1. The number of hydrogen-bond donors (Lipinski definition) is 1. The smallest absolute Gasteiger partial charge is 0.282 e. The number of benzene rings is 1. The fourth-order valence-corrected chi connectivity index (χ4v) is 6.63. The highest BCUT2D eigenvalue weighted by Crippen LogP contribution is 2.44. The molecule has 4 rings (SSSR count). The van der Waals surface area contributed by atoms with Crippen LogP contribution in [0.2, 0.25) is 0 Å². The van der Waals surface area contributed by atoms with E-state index in [4.69, 9.17) is 9.47 Å². The van der Waals surface area contributed by atoms with Crippen molar-refractivity contribution in [3.63, 3.8) is 0 Å². The van der Waals surface area contributed by atoms with Crippen LogP contribution in [0.25, 0.3) is 0 Å². The van der Waals surface area contributed by atoms with Crippen molar-refractivity contribution in [2.24, 2.45) is 11.3 Å². The Morgan fingerprint density at radius 2 is 1.95 bits per heavy atom. The molecule has 0 aliphatic carbocycles. The van der Waals surface area contributed by atoms with E-state index in [0.29, 0.717) is 30.4 Å². The fourth-order valence-electron chi connectivity index (χ4n) is 6.63. The summed E-state index contributed by atoms with van der Waals surface area (Å²) in [5.41, 5.74) is 0.360. The molecule has 2 aliphatic heterocycles. The normalized spacial score (nSPS) is 17.9. The van der Waals surface area contributed by atoms with E-state index in [0.717, 1.165) is 52.2 Å². The maximum absolute atomic E-state index is 14.3. The van der Waals surface area contributed by atoms with Crippen LogP contribution in [0.3, 0.4) is 0 Å². The summed E-state index contributed by atoms with van der Waals surface area (Å²) in [6, 6.07) is 4.87. The zero-order valence-corrected chi connectivity index (χ0v) is 27.0. The van der Waals surface area contributed by atoms with E-state index in [1.54, 1.807) is 12.0 Å². The zero-order valence-electron chi connectivity index (χ0n) is 27.0. The Labute approximate surface area is 256 Å². The lowest BCUT2D eigenvalue weighted by molar-refractivity contribution is -0.0339. The van der Waals surface area contributed by atoms with Crippen LogP contribution in [0, 0.1) is 17.2 Å². The molecule has 0 saturated carbocycles. The lowest BCUT2D eigenvalue weighted by atomic mass is 9.76. The number of carbonyl (C=O) groups excluding carboxylic acids is 1. The average molecular weight is 600 g/mol. The Bertz CT molecular complexity index is 1210. The van der Waals surface area contributed by atoms with Crippen LogP contribution in [0.4, 0.5) is 10.2 Å². The molecule has 43 heavy (non-hydrogen) atoms. The molecule has 2 saturated heterocycles. The average Bonchev–Trinajstić information content (AvgIpc) is 3.39. The minimum absolute atomic E-state index is 0.0400. The molecule has 0 unspecified atom stereocenters. The number of ether oxygens (including phenoxy) is 2. The molecule has 1 amide bonds. The van der Waals surface area contributed by atoms with Crippen LogP contribution >= 0.6 is 0 Å². The van der Waals surface area contributed by atoms with Crippen molar-refractivity contribution in [3.05, 3.63) is 35.9 Å². The molecule has 2 fully saturated rings. The first-order valence-electron chi connectivity index (χ1n) is 15.7. The van der Waals surface area contributed by atoms with E-state index in [1.165, 1.54) is 30.9 Å². The number of hydrogen-bond acceptors (Lipinski definition) is 9. The predicted molar refractivity (Wildman–Crippen MR) is 166 cm³/mol. The maximum atomic E-state index is 14.3. The van der Waals surface area contributed by atoms with Crippen molar-refractivity contribution in [2.45, 2.75) is 78.9 Å². The highest BCUT2D eigenvalue weighted by Gasteiger charge is 2.50. The Kier molecular flexibility index (Phi) is 11.3. The van der Waals surface area contributed by atoms with E-state index < -0.39 is 5.82 Å². The van der Waals surface area contributed by atoms with Crippen LogP contribution < -0.4 is 15.0 Å². The summed E-state index contributed by atoms with van der Waals surface area (Å²) < 4.78 is 25.7. The van der Waals surface area contributed by atoms with Gasteiger partial charge in [0.1, 0.15) is 17.9 Å². The predicted octanol–water partition coefficient (Wildman–Crippen LogP) is 4.61. The van der Waals surface area contributed by atoms with Crippen molar-refractivity contribution >= 4 is 11.7 Å². The molecule has 2 aliphatic rings. The molecule has 10 nitrogen and oxygen atoms in total. The van der Waals surface area contributed by atoms with Gasteiger partial charge in [-0.3, -0.25) is 9.69 Å². The van der Waals surface area contributed by atoms with Crippen molar-refractivity contribution < 1.29 is 18.7 Å². The molecule has 1 N–H and O–H groups in total. The molecule has 1 spiro atoms. The van der Waals surface area contributed by atoms with Gasteiger partial charge in [-0.05, 0) is 77.6 Å². The fraction of sp³-hybridized carbons (Fsp3) is 0.688. The van der Waals surface area contributed by atoms with E-state index in [1.807, 2.05) is 20.8 Å². The van der Waals surface area contributed by atoms with Gasteiger partial charge < -0.3 is 24.6 Å². The summed E-state index contributed by atoms with van der Waals surface area (Å²) in [5, 5.41) is 11.8. The third-order valence-electron chi connectivity index (χ3n) is 8.81. The van der Waals surface area contributed by atoms with Gasteiger partial charge in [0, 0.05) is 63.4 Å². The van der Waals surface area contributed by atoms with Crippen molar-refractivity contribution in [3.8, 4) is 11.6 Å². The van der Waals surface area contributed by atoms with Gasteiger partial charge >= 0.3 is 0 Å². The number of anilines is 1. The van der Waals surface area contributed by atoms with Gasteiger partial charge in [0.15, 0.2) is 5.82 Å². The van der Waals surface area contributed by atoms with E-state index >= 15 is 0 Å². The number of rotatable bonds is 15. The molecular formula is C32H50FN7O3. The van der Waals surface area contributed by atoms with Crippen LogP contribution in [-0.2, 0) is 4.74 Å². The number of aromatic nitrogens is 3. The van der Waals surface area contributed by atoms with Gasteiger partial charge in [-0.2, -0.15) is 0 Å². The second-order valence-corrected chi connectivity index (χ2v) is 12.9. The summed E-state index contributed by atoms with van der Waals surface area (Å²) in [5.74, 6) is 0.855. The molecule has 11 heteroatoms. The van der Waals surface area contributed by atoms with Crippen LogP contribution in [0.15, 0.2) is 24.5 Å². The van der Waals surface area contributed by atoms with E-state index in [-0.39, 0.29) is 34.6 Å². The first-order chi connectivity index (χ1) is 20.6. The van der Waals surface area contributed by atoms with Crippen LogP contribution in [0.5, 0.6) is 11.6 Å². The lowest BCUT2D eigenvalue weighted by Crippen LogP contribution is -2.62. The maximum Gasteiger partial charge on any atom is 0.282 e. The summed E-state index contributed by atoms with van der Waals surface area (Å²) in [4.78, 5) is 24.4. The molecule has 1 aromatic heterocycles. The third kappa shape index (κ3) is 7.99. The molecule has 1 aromatic carbocycles. The van der Waals surface area contributed by atoms with Crippen molar-refractivity contribution in [2.75, 3.05) is 57.9 Å². The molecule has 3 heterocycles. The van der Waals surface area contributed by atoms with Gasteiger partial charge in [-0.1, -0.05) is 13.8 Å². The SMILES string of the molecule is CCN(C(=O)c1cc(F)ccc1Oc1nncnc1N1CCC2(C1)CN([C@H](CCCN[C@@H](C)COC)C(C)C)C2)C(C)C. The minimum Gasteiger partial charge on any atom is -0.434 e. The molecule has 238 valence electrons. The number of likely N-dealkylation sites (tertiary alicyclic amines) is 1. The second-order valence-electron chi connectivity index (χ2n) is 12.9. The second kappa shape index (κ2) is 14.7. The lowest BCUT2D eigenvalue weighted by Gasteiger charge is -2.53. The van der Waals surface area contributed by atoms with Gasteiger partial charge in [-0.15, -0.1) is 10.2 Å². The summed E-state index contributed by atoms with van der Waals surface area (Å²) in [6.45, 7) is 18.6.